The molecule has 3 aromatic heterocycles. The zero-order valence-electron chi connectivity index (χ0n) is 16.2. The van der Waals surface area contributed by atoms with Gasteiger partial charge in [-0.2, -0.15) is 5.10 Å². The highest BCUT2D eigenvalue weighted by atomic mass is 16.5. The van der Waals surface area contributed by atoms with Gasteiger partial charge in [-0.05, 0) is 32.0 Å². The normalized spacial score (nSPS) is 11.0. The molecule has 1 aromatic carbocycles. The lowest BCUT2D eigenvalue weighted by atomic mass is 10.1. The van der Waals surface area contributed by atoms with Gasteiger partial charge in [0.15, 0.2) is 11.6 Å². The van der Waals surface area contributed by atoms with Crippen molar-refractivity contribution in [1.82, 2.24) is 35.5 Å². The first kappa shape index (κ1) is 18.4. The first-order valence-electron chi connectivity index (χ1n) is 8.93. The number of carbonyl (C=O) groups excluding carboxylic acids is 1. The molecule has 0 saturated heterocycles. The molecule has 0 aliphatic carbocycles. The number of rotatable bonds is 5. The zero-order chi connectivity index (χ0) is 20.5. The first-order chi connectivity index (χ1) is 13.9. The van der Waals surface area contributed by atoms with E-state index in [2.05, 4.69) is 35.5 Å². The highest BCUT2D eigenvalue weighted by molar-refractivity contribution is 5.97. The number of hydrogen-bond acceptors (Lipinski definition) is 6. The average Bonchev–Trinajstić information content (AvgIpc) is 3.42. The molecule has 0 aliphatic heterocycles. The first-order valence-corrected chi connectivity index (χ1v) is 8.93. The van der Waals surface area contributed by atoms with Crippen LogP contribution in [0.3, 0.4) is 0 Å². The summed E-state index contributed by atoms with van der Waals surface area (Å²) in [5, 5.41) is 18.2. The predicted molar refractivity (Wildman–Crippen MR) is 107 cm³/mol. The number of aryl methyl sites for hydroxylation is 2. The smallest absolute Gasteiger partial charge is 0.287 e. The van der Waals surface area contributed by atoms with Gasteiger partial charge in [0, 0.05) is 22.2 Å². The van der Waals surface area contributed by atoms with Gasteiger partial charge >= 0.3 is 0 Å². The Morgan fingerprint density at radius 1 is 1.21 bits per heavy atom. The summed E-state index contributed by atoms with van der Waals surface area (Å²) in [4.78, 5) is 27.2. The van der Waals surface area contributed by atoms with Crippen LogP contribution in [-0.2, 0) is 11.3 Å². The van der Waals surface area contributed by atoms with Crippen molar-refractivity contribution in [3.8, 4) is 11.3 Å². The van der Waals surface area contributed by atoms with Crippen LogP contribution in [0.25, 0.3) is 22.2 Å². The molecule has 29 heavy (non-hydrogen) atoms. The standard InChI is InChI=1S/C19H20N8O2/c1-9-16(11-4-5-13-12(6-11)7-14(24-13)17(20)29-3)25-18(22-9)19(28)21-8-15-23-10(2)26-27-15/h4-7,20,24H,8H2,1-3H3,(H,21,28)(H,22,25)(H,23,26,27). The molecule has 0 fully saturated rings. The lowest BCUT2D eigenvalue weighted by Crippen LogP contribution is -2.24. The quantitative estimate of drug-likeness (QED) is 0.261. The van der Waals surface area contributed by atoms with Crippen LogP contribution < -0.4 is 5.32 Å². The number of methoxy groups -OCH3 is 1. The van der Waals surface area contributed by atoms with E-state index in [1.54, 1.807) is 6.92 Å². The summed E-state index contributed by atoms with van der Waals surface area (Å²) >= 11 is 0. The molecule has 10 nitrogen and oxygen atoms in total. The fourth-order valence-corrected chi connectivity index (χ4v) is 3.07. The predicted octanol–water partition coefficient (Wildman–Crippen LogP) is 2.19. The molecule has 0 saturated carbocycles. The minimum Gasteiger partial charge on any atom is -0.480 e. The van der Waals surface area contributed by atoms with E-state index in [-0.39, 0.29) is 24.2 Å². The summed E-state index contributed by atoms with van der Waals surface area (Å²) in [5.74, 6) is 1.16. The number of benzene rings is 1. The van der Waals surface area contributed by atoms with Gasteiger partial charge < -0.3 is 20.0 Å². The number of amides is 1. The Morgan fingerprint density at radius 3 is 2.76 bits per heavy atom. The molecule has 3 heterocycles. The van der Waals surface area contributed by atoms with Crippen molar-refractivity contribution < 1.29 is 9.53 Å². The van der Waals surface area contributed by atoms with Crippen molar-refractivity contribution in [2.24, 2.45) is 0 Å². The fourth-order valence-electron chi connectivity index (χ4n) is 3.07. The minimum absolute atomic E-state index is 0.0688. The van der Waals surface area contributed by atoms with E-state index in [1.807, 2.05) is 31.2 Å². The fraction of sp³-hybridized carbons (Fsp3) is 0.211. The van der Waals surface area contributed by atoms with Crippen molar-refractivity contribution in [1.29, 1.82) is 5.41 Å². The molecule has 4 aromatic rings. The number of aromatic amines is 3. The Bertz CT molecular complexity index is 1220. The van der Waals surface area contributed by atoms with E-state index in [1.165, 1.54) is 7.11 Å². The lowest BCUT2D eigenvalue weighted by Gasteiger charge is -1.99. The second-order valence-electron chi connectivity index (χ2n) is 6.60. The molecule has 10 heteroatoms. The van der Waals surface area contributed by atoms with Crippen molar-refractivity contribution in [3.63, 3.8) is 0 Å². The van der Waals surface area contributed by atoms with Crippen molar-refractivity contribution >= 4 is 22.7 Å². The van der Waals surface area contributed by atoms with Gasteiger partial charge in [-0.3, -0.25) is 15.3 Å². The van der Waals surface area contributed by atoms with Gasteiger partial charge in [0.2, 0.25) is 5.90 Å². The molecular weight excluding hydrogens is 372 g/mol. The van der Waals surface area contributed by atoms with E-state index in [0.717, 1.165) is 22.2 Å². The number of nitrogens with one attached hydrogen (secondary N) is 5. The maximum absolute atomic E-state index is 12.4. The van der Waals surface area contributed by atoms with Gasteiger partial charge in [-0.25, -0.2) is 9.97 Å². The summed E-state index contributed by atoms with van der Waals surface area (Å²) in [5.41, 5.74) is 3.82. The third kappa shape index (κ3) is 3.59. The van der Waals surface area contributed by atoms with Crippen LogP contribution in [0.2, 0.25) is 0 Å². The number of carbonyl (C=O) groups is 1. The minimum atomic E-state index is -0.333. The summed E-state index contributed by atoms with van der Waals surface area (Å²) < 4.78 is 4.97. The van der Waals surface area contributed by atoms with Crippen LogP contribution in [0.5, 0.6) is 0 Å². The van der Waals surface area contributed by atoms with E-state index >= 15 is 0 Å². The molecule has 4 rings (SSSR count). The summed E-state index contributed by atoms with van der Waals surface area (Å²) in [6, 6.07) is 7.63. The zero-order valence-corrected chi connectivity index (χ0v) is 16.2. The maximum Gasteiger partial charge on any atom is 0.287 e. The molecule has 0 bridgehead atoms. The summed E-state index contributed by atoms with van der Waals surface area (Å²) in [6.45, 7) is 3.87. The van der Waals surface area contributed by atoms with Crippen molar-refractivity contribution in [2.45, 2.75) is 20.4 Å². The monoisotopic (exact) mass is 392 g/mol. The Balaban J connectivity index is 1.56. The molecule has 5 N–H and O–H groups in total. The van der Waals surface area contributed by atoms with Crippen LogP contribution in [0.15, 0.2) is 24.3 Å². The van der Waals surface area contributed by atoms with Crippen LogP contribution in [-0.4, -0.2) is 49.0 Å². The third-order valence-corrected chi connectivity index (χ3v) is 4.49. The topological polar surface area (TPSA) is 148 Å². The Morgan fingerprint density at radius 2 is 2.03 bits per heavy atom. The highest BCUT2D eigenvalue weighted by Crippen LogP contribution is 2.26. The molecule has 1 amide bonds. The molecule has 0 radical (unpaired) electrons. The number of fused-ring (bicyclic) bond motifs is 1. The van der Waals surface area contributed by atoms with Crippen LogP contribution >= 0.6 is 0 Å². The van der Waals surface area contributed by atoms with Crippen LogP contribution in [0.4, 0.5) is 0 Å². The molecular formula is C19H20N8O2. The number of H-pyrrole nitrogens is 3. The van der Waals surface area contributed by atoms with E-state index in [9.17, 15) is 4.79 Å². The highest BCUT2D eigenvalue weighted by Gasteiger charge is 2.16. The number of nitrogens with zero attached hydrogens (tertiary/aromatic N) is 3. The number of hydrogen-bond donors (Lipinski definition) is 5. The molecule has 148 valence electrons. The molecule has 0 unspecified atom stereocenters. The van der Waals surface area contributed by atoms with E-state index < -0.39 is 0 Å². The number of ether oxygens (including phenoxy) is 1. The second kappa shape index (κ2) is 7.23. The van der Waals surface area contributed by atoms with Crippen molar-refractivity contribution in [3.05, 3.63) is 53.1 Å². The van der Waals surface area contributed by atoms with Gasteiger partial charge in [-0.15, -0.1) is 0 Å². The van der Waals surface area contributed by atoms with E-state index in [4.69, 9.17) is 10.1 Å². The van der Waals surface area contributed by atoms with Gasteiger partial charge in [0.1, 0.15) is 11.5 Å². The van der Waals surface area contributed by atoms with Gasteiger partial charge in [0.05, 0.1) is 19.3 Å². The third-order valence-electron chi connectivity index (χ3n) is 4.49. The Kier molecular flexibility index (Phi) is 4.59. The van der Waals surface area contributed by atoms with Gasteiger partial charge in [-0.1, -0.05) is 6.07 Å². The van der Waals surface area contributed by atoms with Crippen LogP contribution in [0.1, 0.15) is 33.7 Å². The maximum atomic E-state index is 12.4. The second-order valence-corrected chi connectivity index (χ2v) is 6.60. The van der Waals surface area contributed by atoms with Crippen molar-refractivity contribution in [2.75, 3.05) is 7.11 Å². The Labute approximate surface area is 165 Å². The SMILES string of the molecule is COC(=N)c1cc2cc(-c3nc(C(=O)NCc4n[nH]c(C)n4)[nH]c3C)ccc2[nH]1. The average molecular weight is 392 g/mol. The summed E-state index contributed by atoms with van der Waals surface area (Å²) in [7, 11) is 1.46. The molecule has 0 aliphatic rings. The van der Waals surface area contributed by atoms with Crippen LogP contribution in [0, 0.1) is 19.3 Å². The number of imidazole rings is 1. The van der Waals surface area contributed by atoms with E-state index in [0.29, 0.717) is 23.0 Å². The summed E-state index contributed by atoms with van der Waals surface area (Å²) in [6.07, 6.45) is 0. The lowest BCUT2D eigenvalue weighted by molar-refractivity contribution is 0.0940. The number of aromatic nitrogens is 6. The Hall–Kier alpha value is -3.95. The molecule has 0 spiro atoms. The molecule has 0 atom stereocenters. The largest absolute Gasteiger partial charge is 0.480 e. The van der Waals surface area contributed by atoms with Gasteiger partial charge in [0.25, 0.3) is 5.91 Å².